The number of rotatable bonds is 4. The maximum atomic E-state index is 12.9. The quantitative estimate of drug-likeness (QED) is 0.844. The average molecular weight is 330 g/mol. The SMILES string of the molecule is CNC1=C(c2cccc(CCl)c2)C(=O)C(c2ccccc2)S1. The Labute approximate surface area is 139 Å². The van der Waals surface area contributed by atoms with Gasteiger partial charge in [0.05, 0.1) is 15.9 Å². The highest BCUT2D eigenvalue weighted by Crippen LogP contribution is 2.47. The first kappa shape index (κ1) is 15.2. The molecule has 0 fully saturated rings. The number of hydrogen-bond donors (Lipinski definition) is 1. The van der Waals surface area contributed by atoms with Gasteiger partial charge in [0, 0.05) is 12.9 Å². The van der Waals surface area contributed by atoms with Crippen molar-refractivity contribution < 1.29 is 4.79 Å². The lowest BCUT2D eigenvalue weighted by Crippen LogP contribution is -2.07. The number of alkyl halides is 1. The number of carbonyl (C=O) groups excluding carboxylic acids is 1. The molecule has 1 aliphatic rings. The first-order valence-electron chi connectivity index (χ1n) is 7.07. The van der Waals surface area contributed by atoms with Gasteiger partial charge in [-0.1, -0.05) is 60.3 Å². The summed E-state index contributed by atoms with van der Waals surface area (Å²) in [4.78, 5) is 12.9. The van der Waals surface area contributed by atoms with E-state index < -0.39 is 0 Å². The van der Waals surface area contributed by atoms with Gasteiger partial charge in [-0.05, 0) is 22.8 Å². The van der Waals surface area contributed by atoms with E-state index in [0.29, 0.717) is 5.88 Å². The molecule has 2 nitrogen and oxygen atoms in total. The van der Waals surface area contributed by atoms with Gasteiger partial charge in [-0.15, -0.1) is 11.6 Å². The maximum Gasteiger partial charge on any atom is 0.183 e. The number of hydrogen-bond acceptors (Lipinski definition) is 3. The molecular formula is C18H16ClNOS. The second-order valence-electron chi connectivity index (χ2n) is 5.06. The van der Waals surface area contributed by atoms with E-state index >= 15 is 0 Å². The maximum absolute atomic E-state index is 12.9. The summed E-state index contributed by atoms with van der Waals surface area (Å²) in [6.45, 7) is 0. The highest BCUT2D eigenvalue weighted by molar-refractivity contribution is 8.04. The zero-order valence-corrected chi connectivity index (χ0v) is 13.7. The fourth-order valence-electron chi connectivity index (χ4n) is 2.59. The van der Waals surface area contributed by atoms with Crippen molar-refractivity contribution in [3.8, 4) is 0 Å². The fourth-order valence-corrected chi connectivity index (χ4v) is 3.96. The number of halogens is 1. The minimum Gasteiger partial charge on any atom is -0.382 e. The molecule has 0 spiro atoms. The number of nitrogens with one attached hydrogen (secondary N) is 1. The molecule has 0 bridgehead atoms. The minimum absolute atomic E-state index is 0.146. The predicted molar refractivity (Wildman–Crippen MR) is 93.8 cm³/mol. The third-order valence-electron chi connectivity index (χ3n) is 3.65. The molecule has 1 unspecified atom stereocenters. The fraction of sp³-hybridized carbons (Fsp3) is 0.167. The van der Waals surface area contributed by atoms with Gasteiger partial charge in [-0.2, -0.15) is 0 Å². The standard InChI is InChI=1S/C18H16ClNOS/c1-20-18-15(14-9-5-6-12(10-14)11-19)16(21)17(22-18)13-7-3-2-4-8-13/h2-10,17,20H,11H2,1H3. The molecule has 4 heteroatoms. The minimum atomic E-state index is -0.182. The molecule has 1 N–H and O–H groups in total. The summed E-state index contributed by atoms with van der Waals surface area (Å²) in [5.74, 6) is 0.590. The zero-order valence-electron chi connectivity index (χ0n) is 12.2. The lowest BCUT2D eigenvalue weighted by molar-refractivity contribution is -0.113. The summed E-state index contributed by atoms with van der Waals surface area (Å²) in [7, 11) is 1.86. The molecule has 2 aromatic rings. The van der Waals surface area contributed by atoms with Crippen molar-refractivity contribution in [2.75, 3.05) is 7.05 Å². The number of allylic oxidation sites excluding steroid dienone is 1. The average Bonchev–Trinajstić information content (AvgIpc) is 2.92. The summed E-state index contributed by atoms with van der Waals surface area (Å²) in [6.07, 6.45) is 0. The van der Waals surface area contributed by atoms with Crippen LogP contribution in [0.2, 0.25) is 0 Å². The molecule has 3 rings (SSSR count). The Bertz CT molecular complexity index is 727. The lowest BCUT2D eigenvalue weighted by Gasteiger charge is -2.09. The van der Waals surface area contributed by atoms with Crippen LogP contribution in [0.25, 0.3) is 5.57 Å². The molecule has 0 radical (unpaired) electrons. The van der Waals surface area contributed by atoms with Gasteiger partial charge in [-0.3, -0.25) is 4.79 Å². The molecule has 112 valence electrons. The number of benzene rings is 2. The Morgan fingerprint density at radius 1 is 1.14 bits per heavy atom. The summed E-state index contributed by atoms with van der Waals surface area (Å²) < 4.78 is 0. The molecule has 0 aromatic heterocycles. The molecule has 2 aromatic carbocycles. The van der Waals surface area contributed by atoms with E-state index in [2.05, 4.69) is 5.32 Å². The summed E-state index contributed by atoms with van der Waals surface area (Å²) in [5, 5.41) is 3.91. The van der Waals surface area contributed by atoms with E-state index in [9.17, 15) is 4.79 Å². The van der Waals surface area contributed by atoms with Crippen molar-refractivity contribution in [1.29, 1.82) is 0 Å². The lowest BCUT2D eigenvalue weighted by atomic mass is 9.96. The number of carbonyl (C=O) groups is 1. The van der Waals surface area contributed by atoms with Crippen molar-refractivity contribution >= 4 is 34.7 Å². The Balaban J connectivity index is 2.00. The van der Waals surface area contributed by atoms with Crippen molar-refractivity contribution in [2.24, 2.45) is 0 Å². The molecule has 1 atom stereocenters. The van der Waals surface area contributed by atoms with Gasteiger partial charge >= 0.3 is 0 Å². The third-order valence-corrected chi connectivity index (χ3v) is 5.32. The van der Waals surface area contributed by atoms with Gasteiger partial charge in [0.15, 0.2) is 5.78 Å². The second kappa shape index (κ2) is 6.59. The van der Waals surface area contributed by atoms with E-state index in [4.69, 9.17) is 11.6 Å². The molecule has 1 heterocycles. The first-order valence-corrected chi connectivity index (χ1v) is 8.49. The van der Waals surface area contributed by atoms with Crippen LogP contribution in [0.3, 0.4) is 0 Å². The van der Waals surface area contributed by atoms with Gasteiger partial charge < -0.3 is 5.32 Å². The van der Waals surface area contributed by atoms with Crippen LogP contribution in [0, 0.1) is 0 Å². The molecule has 1 aliphatic heterocycles. The van der Waals surface area contributed by atoms with E-state index in [1.807, 2.05) is 61.6 Å². The Morgan fingerprint density at radius 3 is 2.59 bits per heavy atom. The summed E-state index contributed by atoms with van der Waals surface area (Å²) >= 11 is 7.49. The van der Waals surface area contributed by atoms with Crippen molar-refractivity contribution in [3.63, 3.8) is 0 Å². The zero-order chi connectivity index (χ0) is 15.5. The molecule has 0 aliphatic carbocycles. The molecule has 0 saturated heterocycles. The second-order valence-corrected chi connectivity index (χ2v) is 6.44. The van der Waals surface area contributed by atoms with E-state index in [1.54, 1.807) is 11.8 Å². The Hall–Kier alpha value is -1.71. The van der Waals surface area contributed by atoms with Crippen LogP contribution in [-0.2, 0) is 10.7 Å². The van der Waals surface area contributed by atoms with E-state index in [-0.39, 0.29) is 11.0 Å². The highest BCUT2D eigenvalue weighted by Gasteiger charge is 2.35. The smallest absolute Gasteiger partial charge is 0.183 e. The third kappa shape index (κ3) is 2.79. The van der Waals surface area contributed by atoms with Crippen LogP contribution in [0.4, 0.5) is 0 Å². The Kier molecular flexibility index (Phi) is 4.55. The van der Waals surface area contributed by atoms with Crippen molar-refractivity contribution in [3.05, 3.63) is 76.3 Å². The van der Waals surface area contributed by atoms with Crippen LogP contribution in [0.15, 0.2) is 59.6 Å². The van der Waals surface area contributed by atoms with Gasteiger partial charge in [0.2, 0.25) is 0 Å². The molecule has 22 heavy (non-hydrogen) atoms. The monoisotopic (exact) mass is 329 g/mol. The summed E-state index contributed by atoms with van der Waals surface area (Å²) in [5.41, 5.74) is 3.74. The predicted octanol–water partition coefficient (Wildman–Crippen LogP) is 4.37. The normalized spacial score (nSPS) is 17.9. The van der Waals surface area contributed by atoms with Crippen LogP contribution in [0.5, 0.6) is 0 Å². The summed E-state index contributed by atoms with van der Waals surface area (Å²) in [6, 6.07) is 17.8. The Morgan fingerprint density at radius 2 is 1.91 bits per heavy atom. The van der Waals surface area contributed by atoms with Gasteiger partial charge in [0.1, 0.15) is 0 Å². The van der Waals surface area contributed by atoms with Crippen molar-refractivity contribution in [2.45, 2.75) is 11.1 Å². The van der Waals surface area contributed by atoms with Crippen molar-refractivity contribution in [1.82, 2.24) is 5.32 Å². The highest BCUT2D eigenvalue weighted by atomic mass is 35.5. The van der Waals surface area contributed by atoms with Gasteiger partial charge in [0.25, 0.3) is 0 Å². The van der Waals surface area contributed by atoms with Crippen LogP contribution >= 0.6 is 23.4 Å². The molecular weight excluding hydrogens is 314 g/mol. The van der Waals surface area contributed by atoms with Crippen LogP contribution in [-0.4, -0.2) is 12.8 Å². The van der Waals surface area contributed by atoms with E-state index in [0.717, 1.165) is 27.3 Å². The van der Waals surface area contributed by atoms with Gasteiger partial charge in [-0.25, -0.2) is 0 Å². The molecule has 0 saturated carbocycles. The van der Waals surface area contributed by atoms with E-state index in [1.165, 1.54) is 0 Å². The number of ketones is 1. The topological polar surface area (TPSA) is 29.1 Å². The first-order chi connectivity index (χ1) is 10.7. The van der Waals surface area contributed by atoms with Crippen LogP contribution < -0.4 is 5.32 Å². The number of Topliss-reactive ketones (excluding diaryl/α,β-unsaturated/α-hetero) is 1. The van der Waals surface area contributed by atoms with Crippen LogP contribution in [0.1, 0.15) is 21.9 Å². The molecule has 0 amide bonds. The number of thioether (sulfide) groups is 1. The largest absolute Gasteiger partial charge is 0.382 e.